The molecule has 4 rings (SSSR count). The lowest BCUT2D eigenvalue weighted by atomic mass is 10.1. The lowest BCUT2D eigenvalue weighted by Gasteiger charge is -2.29. The van der Waals surface area contributed by atoms with E-state index in [1.54, 1.807) is 29.7 Å². The van der Waals surface area contributed by atoms with Crippen molar-refractivity contribution < 1.29 is 32.7 Å². The zero-order valence-corrected chi connectivity index (χ0v) is 20.5. The van der Waals surface area contributed by atoms with Crippen LogP contribution >= 0.6 is 0 Å². The van der Waals surface area contributed by atoms with Gasteiger partial charge in [-0.3, -0.25) is 14.8 Å². The number of hydroxylamine groups is 1. The predicted octanol–water partition coefficient (Wildman–Crippen LogP) is 1.54. The number of anilines is 1. The molecule has 11 heteroatoms. The standard InChI is InChI=1S/C25H27N3O7S/c1-34-14-4-5-15-35-20-10-12-21(13-11-20)36(32,33)28-16-19-6-2-3-7-22(19)27(25(30)18-8-9-18)17-23(28)24(29)26-31/h2-3,6-7,10-13,18,23,31H,8-9,14-17H2,1H3,(H,26,29). The molecule has 2 amide bonds. The van der Waals surface area contributed by atoms with Gasteiger partial charge >= 0.3 is 0 Å². The SMILES string of the molecule is COCC#CCOc1ccc(S(=O)(=O)N2Cc3ccccc3N(C(=O)C3CC3)CC2C(=O)NO)cc1. The first-order chi connectivity index (χ1) is 17.4. The number of nitrogens with one attached hydrogen (secondary N) is 1. The molecular weight excluding hydrogens is 486 g/mol. The summed E-state index contributed by atoms with van der Waals surface area (Å²) in [5, 5.41) is 9.41. The van der Waals surface area contributed by atoms with Crippen molar-refractivity contribution in [1.29, 1.82) is 0 Å². The van der Waals surface area contributed by atoms with Crippen LogP contribution in [0.1, 0.15) is 18.4 Å². The summed E-state index contributed by atoms with van der Waals surface area (Å²) in [4.78, 5) is 27.2. The molecule has 0 radical (unpaired) electrons. The molecule has 2 aromatic carbocycles. The minimum absolute atomic E-state index is 0.0597. The van der Waals surface area contributed by atoms with Crippen LogP contribution in [-0.4, -0.2) is 62.7 Å². The molecule has 0 bridgehead atoms. The van der Waals surface area contributed by atoms with Crippen molar-refractivity contribution in [3.05, 3.63) is 54.1 Å². The fourth-order valence-corrected chi connectivity index (χ4v) is 5.54. The Bertz CT molecular complexity index is 1280. The maximum Gasteiger partial charge on any atom is 0.263 e. The number of methoxy groups -OCH3 is 1. The van der Waals surface area contributed by atoms with Crippen LogP contribution in [0.2, 0.25) is 0 Å². The number of sulfonamides is 1. The summed E-state index contributed by atoms with van der Waals surface area (Å²) in [6, 6.07) is 11.4. The van der Waals surface area contributed by atoms with Crippen molar-refractivity contribution in [3.8, 4) is 17.6 Å². The van der Waals surface area contributed by atoms with E-state index in [0.29, 0.717) is 17.0 Å². The van der Waals surface area contributed by atoms with Crippen LogP contribution in [0.5, 0.6) is 5.75 Å². The first-order valence-corrected chi connectivity index (χ1v) is 12.8. The van der Waals surface area contributed by atoms with Crippen LogP contribution in [0.4, 0.5) is 5.69 Å². The average Bonchev–Trinajstić information content (AvgIpc) is 3.75. The van der Waals surface area contributed by atoms with Crippen LogP contribution in [0, 0.1) is 17.8 Å². The van der Waals surface area contributed by atoms with E-state index in [1.165, 1.54) is 36.3 Å². The van der Waals surface area contributed by atoms with Crippen molar-refractivity contribution in [2.45, 2.75) is 30.3 Å². The lowest BCUT2D eigenvalue weighted by molar-refractivity contribution is -0.133. The van der Waals surface area contributed by atoms with Crippen LogP contribution < -0.4 is 15.1 Å². The molecule has 190 valence electrons. The summed E-state index contributed by atoms with van der Waals surface area (Å²) in [7, 11) is -2.68. The second kappa shape index (κ2) is 11.1. The van der Waals surface area contributed by atoms with Crippen molar-refractivity contribution in [2.75, 3.05) is 31.8 Å². The Balaban J connectivity index is 1.64. The number of fused-ring (bicyclic) bond motifs is 1. The number of benzene rings is 2. The number of nitrogens with zero attached hydrogens (tertiary/aromatic N) is 2. The Morgan fingerprint density at radius 2 is 1.78 bits per heavy atom. The Hall–Kier alpha value is -3.43. The first kappa shape index (κ1) is 25.7. The molecule has 1 saturated carbocycles. The molecule has 1 atom stereocenters. The zero-order valence-electron chi connectivity index (χ0n) is 19.7. The monoisotopic (exact) mass is 513 g/mol. The van der Waals surface area contributed by atoms with Gasteiger partial charge in [0.15, 0.2) is 0 Å². The second-order valence-electron chi connectivity index (χ2n) is 8.44. The number of amides is 2. The van der Waals surface area contributed by atoms with Crippen molar-refractivity contribution in [1.82, 2.24) is 9.79 Å². The fraction of sp³-hybridized carbons (Fsp3) is 0.360. The highest BCUT2D eigenvalue weighted by molar-refractivity contribution is 7.89. The number of carbonyl (C=O) groups excluding carboxylic acids is 2. The minimum atomic E-state index is -4.21. The summed E-state index contributed by atoms with van der Waals surface area (Å²) >= 11 is 0. The van der Waals surface area contributed by atoms with E-state index in [2.05, 4.69) is 11.8 Å². The highest BCUT2D eigenvalue weighted by Crippen LogP contribution is 2.37. The van der Waals surface area contributed by atoms with Gasteiger partial charge < -0.3 is 14.4 Å². The van der Waals surface area contributed by atoms with Gasteiger partial charge in [0, 0.05) is 25.3 Å². The molecule has 36 heavy (non-hydrogen) atoms. The average molecular weight is 514 g/mol. The second-order valence-corrected chi connectivity index (χ2v) is 10.3. The van der Waals surface area contributed by atoms with Crippen LogP contribution in [0.15, 0.2) is 53.4 Å². The maximum absolute atomic E-state index is 13.7. The third-order valence-corrected chi connectivity index (χ3v) is 7.87. The zero-order chi connectivity index (χ0) is 25.7. The molecule has 1 unspecified atom stereocenters. The number of ether oxygens (including phenoxy) is 2. The largest absolute Gasteiger partial charge is 0.481 e. The molecule has 0 saturated heterocycles. The number of rotatable bonds is 7. The maximum atomic E-state index is 13.7. The molecular formula is C25H27N3O7S. The van der Waals surface area contributed by atoms with E-state index in [1.807, 2.05) is 0 Å². The van der Waals surface area contributed by atoms with Gasteiger partial charge in [-0.05, 0) is 48.7 Å². The van der Waals surface area contributed by atoms with Crippen LogP contribution in [-0.2, 0) is 30.9 Å². The third kappa shape index (κ3) is 5.52. The van der Waals surface area contributed by atoms with Gasteiger partial charge in [0.25, 0.3) is 5.91 Å². The van der Waals surface area contributed by atoms with E-state index in [-0.39, 0.29) is 43.0 Å². The number of carbonyl (C=O) groups is 2. The van der Waals surface area contributed by atoms with Crippen molar-refractivity contribution >= 4 is 27.5 Å². The van der Waals surface area contributed by atoms with E-state index < -0.39 is 22.0 Å². The van der Waals surface area contributed by atoms with Gasteiger partial charge in [0.05, 0.1) is 11.4 Å². The lowest BCUT2D eigenvalue weighted by Crippen LogP contribution is -2.53. The summed E-state index contributed by atoms with van der Waals surface area (Å²) < 4.78 is 38.8. The van der Waals surface area contributed by atoms with Crippen molar-refractivity contribution in [2.24, 2.45) is 5.92 Å². The Labute approximate surface area is 209 Å². The Morgan fingerprint density at radius 1 is 1.08 bits per heavy atom. The quantitative estimate of drug-likeness (QED) is 0.327. The molecule has 2 aliphatic rings. The topological polar surface area (TPSA) is 125 Å². The van der Waals surface area contributed by atoms with E-state index in [9.17, 15) is 23.2 Å². The highest BCUT2D eigenvalue weighted by Gasteiger charge is 2.43. The Morgan fingerprint density at radius 3 is 2.44 bits per heavy atom. The smallest absolute Gasteiger partial charge is 0.263 e. The molecule has 10 nitrogen and oxygen atoms in total. The van der Waals surface area contributed by atoms with Gasteiger partial charge in [-0.15, -0.1) is 0 Å². The van der Waals surface area contributed by atoms with Gasteiger partial charge in [-0.2, -0.15) is 4.31 Å². The van der Waals surface area contributed by atoms with Crippen molar-refractivity contribution in [3.63, 3.8) is 0 Å². The molecule has 2 N–H and O–H groups in total. The molecule has 1 fully saturated rings. The summed E-state index contributed by atoms with van der Waals surface area (Å²) in [5.74, 6) is 4.72. The van der Waals surface area contributed by atoms with E-state index in [0.717, 1.165) is 17.1 Å². The molecule has 1 heterocycles. The summed E-state index contributed by atoms with van der Waals surface area (Å²) in [6.07, 6.45) is 1.51. The van der Waals surface area contributed by atoms with Gasteiger partial charge in [0.2, 0.25) is 15.9 Å². The number of hydrogen-bond acceptors (Lipinski definition) is 7. The van der Waals surface area contributed by atoms with Gasteiger partial charge in [-0.1, -0.05) is 30.0 Å². The van der Waals surface area contributed by atoms with Gasteiger partial charge in [-0.25, -0.2) is 13.9 Å². The molecule has 1 aliphatic heterocycles. The highest BCUT2D eigenvalue weighted by atomic mass is 32.2. The molecule has 2 aromatic rings. The number of hydrogen-bond donors (Lipinski definition) is 2. The third-order valence-electron chi connectivity index (χ3n) is 6.00. The van der Waals surface area contributed by atoms with E-state index >= 15 is 0 Å². The normalized spacial score (nSPS) is 17.8. The summed E-state index contributed by atoms with van der Waals surface area (Å²) in [6.45, 7) is 0.0193. The molecule has 0 aromatic heterocycles. The Kier molecular flexibility index (Phi) is 7.91. The van der Waals surface area contributed by atoms with Crippen LogP contribution in [0.25, 0.3) is 0 Å². The van der Waals surface area contributed by atoms with E-state index in [4.69, 9.17) is 9.47 Å². The summed E-state index contributed by atoms with van der Waals surface area (Å²) in [5.41, 5.74) is 2.71. The van der Waals surface area contributed by atoms with Gasteiger partial charge in [0.1, 0.15) is 25.0 Å². The first-order valence-electron chi connectivity index (χ1n) is 11.4. The molecule has 0 spiro atoms. The minimum Gasteiger partial charge on any atom is -0.481 e. The van der Waals surface area contributed by atoms with Crippen LogP contribution in [0.3, 0.4) is 0 Å². The molecule has 1 aliphatic carbocycles. The fourth-order valence-electron chi connectivity index (χ4n) is 3.99. The predicted molar refractivity (Wildman–Crippen MR) is 130 cm³/mol. The number of para-hydroxylation sites is 1.